The minimum atomic E-state index is -0.335. The molecular formula is C15H22ClFN2O2. The number of benzene rings is 1. The molecule has 6 heteroatoms. The van der Waals surface area contributed by atoms with E-state index in [0.717, 1.165) is 13.1 Å². The number of halogens is 2. The van der Waals surface area contributed by atoms with Crippen molar-refractivity contribution >= 4 is 18.3 Å². The first-order chi connectivity index (χ1) is 9.52. The molecule has 0 aliphatic carbocycles. The zero-order valence-corrected chi connectivity index (χ0v) is 13.3. The van der Waals surface area contributed by atoms with Crippen LogP contribution in [0.2, 0.25) is 0 Å². The second-order valence-electron chi connectivity index (χ2n) is 5.32. The average molecular weight is 317 g/mol. The van der Waals surface area contributed by atoms with Gasteiger partial charge < -0.3 is 15.4 Å². The van der Waals surface area contributed by atoms with Gasteiger partial charge in [-0.05, 0) is 44.1 Å². The monoisotopic (exact) mass is 316 g/mol. The van der Waals surface area contributed by atoms with Crippen LogP contribution in [0.3, 0.4) is 0 Å². The van der Waals surface area contributed by atoms with Crippen LogP contribution in [-0.2, 0) is 4.79 Å². The van der Waals surface area contributed by atoms with Crippen LogP contribution in [-0.4, -0.2) is 26.1 Å². The van der Waals surface area contributed by atoms with Crippen molar-refractivity contribution in [1.29, 1.82) is 0 Å². The van der Waals surface area contributed by atoms with Crippen molar-refractivity contribution in [2.24, 2.45) is 11.8 Å². The van der Waals surface area contributed by atoms with Gasteiger partial charge in [0, 0.05) is 11.5 Å². The van der Waals surface area contributed by atoms with Gasteiger partial charge in [-0.15, -0.1) is 12.4 Å². The van der Waals surface area contributed by atoms with Crippen LogP contribution in [0.15, 0.2) is 18.2 Å². The van der Waals surface area contributed by atoms with E-state index >= 15 is 0 Å². The van der Waals surface area contributed by atoms with Crippen LogP contribution < -0.4 is 15.4 Å². The number of methoxy groups -OCH3 is 1. The van der Waals surface area contributed by atoms with Crippen LogP contribution in [0.4, 0.5) is 4.39 Å². The Labute approximate surface area is 130 Å². The zero-order chi connectivity index (χ0) is 14.7. The van der Waals surface area contributed by atoms with E-state index in [1.54, 1.807) is 6.07 Å². The first-order valence-electron chi connectivity index (χ1n) is 6.87. The van der Waals surface area contributed by atoms with Gasteiger partial charge in [0.15, 0.2) is 0 Å². The number of hydrogen-bond donors (Lipinski definition) is 2. The maximum Gasteiger partial charge on any atom is 0.223 e. The van der Waals surface area contributed by atoms with Crippen LogP contribution in [0.25, 0.3) is 0 Å². The van der Waals surface area contributed by atoms with Crippen molar-refractivity contribution in [2.45, 2.75) is 19.9 Å². The Hall–Kier alpha value is -1.33. The van der Waals surface area contributed by atoms with Crippen LogP contribution >= 0.6 is 12.4 Å². The molecule has 2 atom stereocenters. The number of carbonyl (C=O) groups is 1. The quantitative estimate of drug-likeness (QED) is 0.876. The molecule has 118 valence electrons. The summed E-state index contributed by atoms with van der Waals surface area (Å²) in [6.07, 6.45) is 0. The first-order valence-corrected chi connectivity index (χ1v) is 6.87. The summed E-state index contributed by atoms with van der Waals surface area (Å²) in [6, 6.07) is 4.04. The van der Waals surface area contributed by atoms with Gasteiger partial charge in [-0.2, -0.15) is 0 Å². The molecule has 1 amide bonds. The number of nitrogens with one attached hydrogen (secondary N) is 2. The van der Waals surface area contributed by atoms with Crippen molar-refractivity contribution in [2.75, 3.05) is 20.2 Å². The second-order valence-corrected chi connectivity index (χ2v) is 5.32. The van der Waals surface area contributed by atoms with E-state index < -0.39 is 0 Å². The molecule has 0 radical (unpaired) electrons. The summed E-state index contributed by atoms with van der Waals surface area (Å²) >= 11 is 0. The highest BCUT2D eigenvalue weighted by Gasteiger charge is 2.29. The van der Waals surface area contributed by atoms with E-state index in [1.165, 1.54) is 19.2 Å². The molecule has 0 spiro atoms. The van der Waals surface area contributed by atoms with Gasteiger partial charge in [0.25, 0.3) is 0 Å². The van der Waals surface area contributed by atoms with Gasteiger partial charge in [-0.25, -0.2) is 4.39 Å². The summed E-state index contributed by atoms with van der Waals surface area (Å²) in [4.78, 5) is 12.2. The lowest BCUT2D eigenvalue weighted by molar-refractivity contribution is -0.127. The molecule has 1 saturated heterocycles. The number of rotatable bonds is 5. The van der Waals surface area contributed by atoms with E-state index in [-0.39, 0.29) is 36.1 Å². The van der Waals surface area contributed by atoms with Gasteiger partial charge in [-0.1, -0.05) is 6.92 Å². The SMILES string of the molecule is COc1ccc(F)cc1C(C)NC(=O)C(C)C1CNC1.Cl. The molecule has 21 heavy (non-hydrogen) atoms. The Morgan fingerprint density at radius 3 is 2.62 bits per heavy atom. The highest BCUT2D eigenvalue weighted by Crippen LogP contribution is 2.26. The number of hydrogen-bond acceptors (Lipinski definition) is 3. The molecule has 0 saturated carbocycles. The largest absolute Gasteiger partial charge is 0.496 e. The Morgan fingerprint density at radius 2 is 2.10 bits per heavy atom. The Kier molecular flexibility index (Phi) is 6.42. The Bertz CT molecular complexity index is 495. The fourth-order valence-electron chi connectivity index (χ4n) is 2.34. The van der Waals surface area contributed by atoms with Crippen molar-refractivity contribution in [3.63, 3.8) is 0 Å². The maximum absolute atomic E-state index is 13.4. The molecule has 2 N–H and O–H groups in total. The third-order valence-electron chi connectivity index (χ3n) is 3.95. The number of ether oxygens (including phenoxy) is 1. The van der Waals surface area contributed by atoms with E-state index in [2.05, 4.69) is 10.6 Å². The molecule has 1 aromatic carbocycles. The van der Waals surface area contributed by atoms with Crippen molar-refractivity contribution in [1.82, 2.24) is 10.6 Å². The molecule has 2 unspecified atom stereocenters. The summed E-state index contributed by atoms with van der Waals surface area (Å²) in [5.74, 6) is 0.584. The topological polar surface area (TPSA) is 50.4 Å². The van der Waals surface area contributed by atoms with Gasteiger partial charge in [0.2, 0.25) is 5.91 Å². The number of amides is 1. The first kappa shape index (κ1) is 17.7. The van der Waals surface area contributed by atoms with Crippen molar-refractivity contribution in [3.05, 3.63) is 29.6 Å². The normalized spacial score (nSPS) is 17.1. The van der Waals surface area contributed by atoms with Gasteiger partial charge in [-0.3, -0.25) is 4.79 Å². The lowest BCUT2D eigenvalue weighted by Crippen LogP contribution is -2.49. The van der Waals surface area contributed by atoms with E-state index in [1.807, 2.05) is 13.8 Å². The molecule has 0 aromatic heterocycles. The van der Waals surface area contributed by atoms with E-state index in [9.17, 15) is 9.18 Å². The lowest BCUT2D eigenvalue weighted by Gasteiger charge is -2.32. The Morgan fingerprint density at radius 1 is 1.43 bits per heavy atom. The average Bonchev–Trinajstić information content (AvgIpc) is 2.36. The molecule has 1 aliphatic rings. The predicted molar refractivity (Wildman–Crippen MR) is 82.3 cm³/mol. The second kappa shape index (κ2) is 7.61. The minimum absolute atomic E-state index is 0. The molecular weight excluding hydrogens is 295 g/mol. The summed E-state index contributed by atoms with van der Waals surface area (Å²) in [6.45, 7) is 5.52. The molecule has 0 bridgehead atoms. The molecule has 2 rings (SSSR count). The highest BCUT2D eigenvalue weighted by atomic mass is 35.5. The van der Waals surface area contributed by atoms with Crippen LogP contribution in [0.5, 0.6) is 5.75 Å². The maximum atomic E-state index is 13.4. The van der Waals surface area contributed by atoms with E-state index in [0.29, 0.717) is 17.2 Å². The molecule has 4 nitrogen and oxygen atoms in total. The van der Waals surface area contributed by atoms with Gasteiger partial charge in [0.1, 0.15) is 11.6 Å². The van der Waals surface area contributed by atoms with Crippen LogP contribution in [0, 0.1) is 17.7 Å². The molecule has 1 aliphatic heterocycles. The van der Waals surface area contributed by atoms with Gasteiger partial charge >= 0.3 is 0 Å². The third-order valence-corrected chi connectivity index (χ3v) is 3.95. The summed E-state index contributed by atoms with van der Waals surface area (Å²) in [5.41, 5.74) is 0.653. The van der Waals surface area contributed by atoms with Crippen molar-refractivity contribution in [3.8, 4) is 5.75 Å². The van der Waals surface area contributed by atoms with E-state index in [4.69, 9.17) is 4.74 Å². The third kappa shape index (κ3) is 4.08. The highest BCUT2D eigenvalue weighted by molar-refractivity contribution is 5.85. The smallest absolute Gasteiger partial charge is 0.223 e. The number of carbonyl (C=O) groups excluding carboxylic acids is 1. The fraction of sp³-hybridized carbons (Fsp3) is 0.533. The summed E-state index contributed by atoms with van der Waals surface area (Å²) in [7, 11) is 1.54. The molecule has 1 fully saturated rings. The van der Waals surface area contributed by atoms with Gasteiger partial charge in [0.05, 0.1) is 13.2 Å². The fourth-order valence-corrected chi connectivity index (χ4v) is 2.34. The standard InChI is InChI=1S/C15H21FN2O2.ClH/c1-9(11-7-17-8-11)15(19)18-10(2)13-6-12(16)4-5-14(13)20-3;/h4-6,9-11,17H,7-8H2,1-3H3,(H,18,19);1H. The minimum Gasteiger partial charge on any atom is -0.496 e. The lowest BCUT2D eigenvalue weighted by atomic mass is 9.88. The summed E-state index contributed by atoms with van der Waals surface area (Å²) in [5, 5.41) is 6.09. The molecule has 1 aromatic rings. The summed E-state index contributed by atoms with van der Waals surface area (Å²) < 4.78 is 18.6. The Balaban J connectivity index is 0.00000220. The van der Waals surface area contributed by atoms with Crippen LogP contribution in [0.1, 0.15) is 25.5 Å². The molecule has 1 heterocycles. The predicted octanol–water partition coefficient (Wildman–Crippen LogP) is 2.29. The van der Waals surface area contributed by atoms with Crippen molar-refractivity contribution < 1.29 is 13.9 Å². The zero-order valence-electron chi connectivity index (χ0n) is 12.5.